The number of hydrogen-bond acceptors (Lipinski definition) is 4. The summed E-state index contributed by atoms with van der Waals surface area (Å²) in [5.74, 6) is -0.306. The van der Waals surface area contributed by atoms with Crippen molar-refractivity contribution in [3.05, 3.63) is 29.3 Å². The Kier molecular flexibility index (Phi) is 4.54. The van der Waals surface area contributed by atoms with Crippen LogP contribution in [0.15, 0.2) is 18.2 Å². The highest BCUT2D eigenvalue weighted by molar-refractivity contribution is 5.80. The lowest BCUT2D eigenvalue weighted by Gasteiger charge is -2.38. The third-order valence-corrected chi connectivity index (χ3v) is 4.13. The van der Waals surface area contributed by atoms with Crippen LogP contribution >= 0.6 is 0 Å². The van der Waals surface area contributed by atoms with E-state index in [1.165, 1.54) is 0 Å². The summed E-state index contributed by atoms with van der Waals surface area (Å²) in [4.78, 5) is 11.9. The summed E-state index contributed by atoms with van der Waals surface area (Å²) in [5, 5.41) is 19.4. The van der Waals surface area contributed by atoms with Crippen LogP contribution in [-0.2, 0) is 21.6 Å². The molecule has 0 saturated heterocycles. The van der Waals surface area contributed by atoms with E-state index in [1.54, 1.807) is 33.1 Å². The quantitative estimate of drug-likeness (QED) is 0.869. The molecular formula is C16H22O5. The van der Waals surface area contributed by atoms with E-state index in [1.807, 2.05) is 6.07 Å². The van der Waals surface area contributed by atoms with Gasteiger partial charge in [0.05, 0.1) is 19.3 Å². The maximum Gasteiger partial charge on any atom is 0.340 e. The maximum absolute atomic E-state index is 11.9. The van der Waals surface area contributed by atoms with Crippen LogP contribution in [-0.4, -0.2) is 35.5 Å². The van der Waals surface area contributed by atoms with Crippen LogP contribution in [0.1, 0.15) is 37.8 Å². The van der Waals surface area contributed by atoms with Crippen molar-refractivity contribution in [3.8, 4) is 5.75 Å². The van der Waals surface area contributed by atoms with Crippen molar-refractivity contribution in [1.29, 1.82) is 0 Å². The third-order valence-electron chi connectivity index (χ3n) is 4.13. The molecular weight excluding hydrogens is 272 g/mol. The van der Waals surface area contributed by atoms with Gasteiger partial charge in [-0.15, -0.1) is 0 Å². The van der Waals surface area contributed by atoms with Crippen molar-refractivity contribution >= 4 is 5.97 Å². The molecule has 0 saturated carbocycles. The molecule has 2 rings (SSSR count). The smallest absolute Gasteiger partial charge is 0.340 e. The molecule has 21 heavy (non-hydrogen) atoms. The monoisotopic (exact) mass is 294 g/mol. The van der Waals surface area contributed by atoms with Gasteiger partial charge in [0.25, 0.3) is 0 Å². The van der Waals surface area contributed by atoms with Gasteiger partial charge in [-0.05, 0) is 56.4 Å². The lowest BCUT2D eigenvalue weighted by atomic mass is 9.78. The number of aryl methyl sites for hydroxylation is 1. The van der Waals surface area contributed by atoms with Crippen LogP contribution in [0.25, 0.3) is 0 Å². The summed E-state index contributed by atoms with van der Waals surface area (Å²) in [7, 11) is 1.58. The van der Waals surface area contributed by atoms with Crippen LogP contribution in [0, 0.1) is 0 Å². The molecule has 1 aliphatic rings. The van der Waals surface area contributed by atoms with Crippen molar-refractivity contribution in [1.82, 2.24) is 0 Å². The molecule has 1 aromatic carbocycles. The molecule has 0 radical (unpaired) electrons. The van der Waals surface area contributed by atoms with E-state index < -0.39 is 23.8 Å². The standard InChI is InChI=1S/C16H22O5/c1-10(17)11(2)21-16(15(18)19)8-4-5-12-9-13(20-3)6-7-14(12)16/h6-7,9-11,17H,4-5,8H2,1-3H3,(H,18,19). The first-order valence-corrected chi connectivity index (χ1v) is 7.17. The normalized spacial score (nSPS) is 24.0. The number of fused-ring (bicyclic) bond motifs is 1. The molecule has 2 N–H and O–H groups in total. The highest BCUT2D eigenvalue weighted by atomic mass is 16.5. The number of aliphatic hydroxyl groups is 1. The van der Waals surface area contributed by atoms with Gasteiger partial charge in [-0.3, -0.25) is 0 Å². The van der Waals surface area contributed by atoms with Gasteiger partial charge in [0.2, 0.25) is 0 Å². The highest BCUT2D eigenvalue weighted by Gasteiger charge is 2.46. The number of aliphatic carboxylic acids is 1. The molecule has 0 amide bonds. The minimum atomic E-state index is -1.39. The number of carboxylic acid groups (broad SMARTS) is 1. The Morgan fingerprint density at radius 2 is 2.10 bits per heavy atom. The van der Waals surface area contributed by atoms with Gasteiger partial charge in [-0.25, -0.2) is 4.79 Å². The van der Waals surface area contributed by atoms with Gasteiger partial charge >= 0.3 is 5.97 Å². The minimum Gasteiger partial charge on any atom is -0.497 e. The minimum absolute atomic E-state index is 0.402. The van der Waals surface area contributed by atoms with Crippen LogP contribution in [0.2, 0.25) is 0 Å². The molecule has 0 bridgehead atoms. The van der Waals surface area contributed by atoms with E-state index in [0.29, 0.717) is 17.7 Å². The molecule has 5 nitrogen and oxygen atoms in total. The molecule has 3 atom stereocenters. The second kappa shape index (κ2) is 6.03. The number of hydrogen-bond donors (Lipinski definition) is 2. The molecule has 0 fully saturated rings. The number of carboxylic acids is 1. The Labute approximate surface area is 124 Å². The predicted molar refractivity (Wildman–Crippen MR) is 77.5 cm³/mol. The van der Waals surface area contributed by atoms with Crippen LogP contribution in [0.5, 0.6) is 5.75 Å². The fraction of sp³-hybridized carbons (Fsp3) is 0.562. The fourth-order valence-electron chi connectivity index (χ4n) is 2.77. The van der Waals surface area contributed by atoms with E-state index in [-0.39, 0.29) is 0 Å². The highest BCUT2D eigenvalue weighted by Crippen LogP contribution is 2.41. The molecule has 116 valence electrons. The van der Waals surface area contributed by atoms with Crippen molar-refractivity contribution < 1.29 is 24.5 Å². The van der Waals surface area contributed by atoms with Gasteiger partial charge < -0.3 is 19.7 Å². The Balaban J connectivity index is 2.47. The molecule has 1 aliphatic carbocycles. The zero-order valence-electron chi connectivity index (χ0n) is 12.6. The van der Waals surface area contributed by atoms with E-state index in [9.17, 15) is 15.0 Å². The molecule has 0 aliphatic heterocycles. The zero-order chi connectivity index (χ0) is 15.6. The van der Waals surface area contributed by atoms with E-state index in [2.05, 4.69) is 0 Å². The molecule has 3 unspecified atom stereocenters. The van der Waals surface area contributed by atoms with Gasteiger partial charge in [-0.1, -0.05) is 6.07 Å². The fourth-order valence-corrected chi connectivity index (χ4v) is 2.77. The summed E-state index contributed by atoms with van der Waals surface area (Å²) in [6, 6.07) is 5.37. The molecule has 0 spiro atoms. The summed E-state index contributed by atoms with van der Waals surface area (Å²) in [5.41, 5.74) is 0.200. The number of benzene rings is 1. The van der Waals surface area contributed by atoms with Crippen molar-refractivity contribution in [2.24, 2.45) is 0 Å². The SMILES string of the molecule is COc1ccc2c(c1)CCCC2(OC(C)C(C)O)C(=O)O. The zero-order valence-corrected chi connectivity index (χ0v) is 12.6. The van der Waals surface area contributed by atoms with Crippen molar-refractivity contribution in [2.75, 3.05) is 7.11 Å². The van der Waals surface area contributed by atoms with Gasteiger partial charge in [0, 0.05) is 0 Å². The van der Waals surface area contributed by atoms with Crippen LogP contribution in [0.4, 0.5) is 0 Å². The molecule has 1 aromatic rings. The Morgan fingerprint density at radius 1 is 1.38 bits per heavy atom. The second-order valence-electron chi connectivity index (χ2n) is 5.57. The third kappa shape index (κ3) is 2.89. The van der Waals surface area contributed by atoms with Crippen LogP contribution < -0.4 is 4.74 Å². The number of methoxy groups -OCH3 is 1. The number of rotatable bonds is 5. The van der Waals surface area contributed by atoms with E-state index in [4.69, 9.17) is 9.47 Å². The summed E-state index contributed by atoms with van der Waals surface area (Å²) in [6.45, 7) is 3.28. The average Bonchev–Trinajstić information content (AvgIpc) is 2.46. The molecule has 0 heterocycles. The Bertz CT molecular complexity index is 525. The predicted octanol–water partition coefficient (Wildman–Crippen LogP) is 2.10. The first kappa shape index (κ1) is 15.8. The van der Waals surface area contributed by atoms with Gasteiger partial charge in [0.15, 0.2) is 5.60 Å². The summed E-state index contributed by atoms with van der Waals surface area (Å²) < 4.78 is 11.0. The average molecular weight is 294 g/mol. The maximum atomic E-state index is 11.9. The Hall–Kier alpha value is -1.59. The number of carbonyl (C=O) groups is 1. The van der Waals surface area contributed by atoms with Crippen molar-refractivity contribution in [2.45, 2.75) is 50.9 Å². The largest absolute Gasteiger partial charge is 0.497 e. The molecule has 5 heteroatoms. The first-order valence-electron chi connectivity index (χ1n) is 7.17. The van der Waals surface area contributed by atoms with E-state index in [0.717, 1.165) is 18.4 Å². The number of ether oxygens (including phenoxy) is 2. The first-order chi connectivity index (χ1) is 9.90. The number of aliphatic hydroxyl groups excluding tert-OH is 1. The second-order valence-corrected chi connectivity index (χ2v) is 5.57. The lowest BCUT2D eigenvalue weighted by Crippen LogP contribution is -2.45. The summed E-state index contributed by atoms with van der Waals surface area (Å²) in [6.07, 6.45) is 0.630. The van der Waals surface area contributed by atoms with Crippen LogP contribution in [0.3, 0.4) is 0 Å². The lowest BCUT2D eigenvalue weighted by molar-refractivity contribution is -0.186. The topological polar surface area (TPSA) is 76.0 Å². The molecule has 0 aromatic heterocycles. The Morgan fingerprint density at radius 3 is 2.67 bits per heavy atom. The van der Waals surface area contributed by atoms with Gasteiger partial charge in [-0.2, -0.15) is 0 Å². The van der Waals surface area contributed by atoms with E-state index >= 15 is 0 Å². The van der Waals surface area contributed by atoms with Gasteiger partial charge in [0.1, 0.15) is 5.75 Å². The summed E-state index contributed by atoms with van der Waals surface area (Å²) >= 11 is 0. The van der Waals surface area contributed by atoms with Crippen molar-refractivity contribution in [3.63, 3.8) is 0 Å².